The molecule has 2 aliphatic rings. The molecule has 0 aliphatic carbocycles. The first-order valence-corrected chi connectivity index (χ1v) is 9.84. The minimum Gasteiger partial charge on any atom is -0.339 e. The summed E-state index contributed by atoms with van der Waals surface area (Å²) < 4.78 is 26.9. The monoisotopic (exact) mass is 427 g/mol. The highest BCUT2D eigenvalue weighted by Crippen LogP contribution is 2.22. The van der Waals surface area contributed by atoms with Crippen molar-refractivity contribution in [3.05, 3.63) is 70.8 Å². The van der Waals surface area contributed by atoms with Gasteiger partial charge in [-0.05, 0) is 24.3 Å². The second-order valence-corrected chi connectivity index (χ2v) is 7.35. The lowest BCUT2D eigenvalue weighted by atomic mass is 10.1. The van der Waals surface area contributed by atoms with Gasteiger partial charge in [0.05, 0.1) is 16.7 Å². The van der Waals surface area contributed by atoms with E-state index in [4.69, 9.17) is 0 Å². The van der Waals surface area contributed by atoms with E-state index in [-0.39, 0.29) is 50.6 Å². The van der Waals surface area contributed by atoms with Gasteiger partial charge in [0.25, 0.3) is 17.7 Å². The van der Waals surface area contributed by atoms with Crippen molar-refractivity contribution in [2.75, 3.05) is 32.7 Å². The van der Waals surface area contributed by atoms with Crippen LogP contribution >= 0.6 is 0 Å². The lowest BCUT2D eigenvalue weighted by molar-refractivity contribution is -0.132. The van der Waals surface area contributed by atoms with Gasteiger partial charge in [-0.3, -0.25) is 24.1 Å². The number of carbonyl (C=O) groups excluding carboxylic acids is 4. The lowest BCUT2D eigenvalue weighted by Crippen LogP contribution is -2.51. The highest BCUT2D eigenvalue weighted by atomic mass is 19.1. The number of amides is 4. The van der Waals surface area contributed by atoms with Crippen molar-refractivity contribution in [1.82, 2.24) is 14.7 Å². The molecule has 0 bridgehead atoms. The molecule has 0 unspecified atom stereocenters. The molecular weight excluding hydrogens is 408 g/mol. The number of nitrogens with zero attached hydrogens (tertiary/aromatic N) is 3. The summed E-state index contributed by atoms with van der Waals surface area (Å²) in [6.07, 6.45) is -0.0218. The standard InChI is InChI=1S/C22H19F2N3O4/c23-14-5-6-17(18(24)13-14)20(29)26-11-9-25(10-12-26)19(28)7-8-27-21(30)15-3-1-2-4-16(15)22(27)31/h1-6,13H,7-12H2. The number of halogens is 2. The van der Waals surface area contributed by atoms with Crippen LogP contribution in [0.3, 0.4) is 0 Å². The predicted octanol–water partition coefficient (Wildman–Crippen LogP) is 1.94. The SMILES string of the molecule is O=C(CCN1C(=O)c2ccccc2C1=O)N1CCN(C(=O)c2ccc(F)cc2F)CC1. The third-order valence-corrected chi connectivity index (χ3v) is 5.51. The summed E-state index contributed by atoms with van der Waals surface area (Å²) in [5, 5.41) is 0. The second-order valence-electron chi connectivity index (χ2n) is 7.35. The summed E-state index contributed by atoms with van der Waals surface area (Å²) in [6.45, 7) is 0.874. The van der Waals surface area contributed by atoms with Gasteiger partial charge in [-0.25, -0.2) is 8.78 Å². The zero-order valence-electron chi connectivity index (χ0n) is 16.5. The van der Waals surface area contributed by atoms with Crippen LogP contribution in [0.25, 0.3) is 0 Å². The van der Waals surface area contributed by atoms with Gasteiger partial charge in [0, 0.05) is 45.2 Å². The number of piperazine rings is 1. The summed E-state index contributed by atoms with van der Waals surface area (Å²) in [6, 6.07) is 9.30. The van der Waals surface area contributed by atoms with Crippen molar-refractivity contribution in [2.45, 2.75) is 6.42 Å². The van der Waals surface area contributed by atoms with Gasteiger partial charge in [0.15, 0.2) is 0 Å². The van der Waals surface area contributed by atoms with Crippen molar-refractivity contribution < 1.29 is 28.0 Å². The second kappa shape index (κ2) is 8.25. The van der Waals surface area contributed by atoms with Crippen LogP contribution in [0.15, 0.2) is 42.5 Å². The van der Waals surface area contributed by atoms with Crippen LogP contribution in [-0.4, -0.2) is 71.1 Å². The average molecular weight is 427 g/mol. The van der Waals surface area contributed by atoms with Crippen molar-refractivity contribution in [3.63, 3.8) is 0 Å². The maximum absolute atomic E-state index is 13.9. The molecule has 7 nitrogen and oxygen atoms in total. The molecule has 0 radical (unpaired) electrons. The molecule has 2 aromatic rings. The number of carbonyl (C=O) groups is 4. The Kier molecular flexibility index (Phi) is 5.50. The van der Waals surface area contributed by atoms with Crippen molar-refractivity contribution in [2.24, 2.45) is 0 Å². The molecule has 4 rings (SSSR count). The number of imide groups is 1. The molecular formula is C22H19F2N3O4. The molecule has 2 aliphatic heterocycles. The van der Waals surface area contributed by atoms with E-state index in [1.54, 1.807) is 29.2 Å². The minimum absolute atomic E-state index is 0.0218. The first-order chi connectivity index (χ1) is 14.9. The maximum atomic E-state index is 13.9. The van der Waals surface area contributed by atoms with E-state index in [2.05, 4.69) is 0 Å². The molecule has 0 N–H and O–H groups in total. The van der Waals surface area contributed by atoms with E-state index in [1.807, 2.05) is 0 Å². The Morgan fingerprint density at radius 1 is 0.839 bits per heavy atom. The quantitative estimate of drug-likeness (QED) is 0.699. The zero-order valence-corrected chi connectivity index (χ0v) is 16.5. The lowest BCUT2D eigenvalue weighted by Gasteiger charge is -2.35. The molecule has 160 valence electrons. The maximum Gasteiger partial charge on any atom is 0.261 e. The first kappa shape index (κ1) is 20.6. The van der Waals surface area contributed by atoms with Gasteiger partial charge >= 0.3 is 0 Å². The van der Waals surface area contributed by atoms with Crippen LogP contribution < -0.4 is 0 Å². The third-order valence-electron chi connectivity index (χ3n) is 5.51. The van der Waals surface area contributed by atoms with E-state index in [0.717, 1.165) is 17.0 Å². The highest BCUT2D eigenvalue weighted by molar-refractivity contribution is 6.21. The van der Waals surface area contributed by atoms with Crippen LogP contribution in [0.4, 0.5) is 8.78 Å². The fraction of sp³-hybridized carbons (Fsp3) is 0.273. The van der Waals surface area contributed by atoms with Crippen LogP contribution in [0.2, 0.25) is 0 Å². The van der Waals surface area contributed by atoms with Crippen LogP contribution in [0, 0.1) is 11.6 Å². The molecule has 31 heavy (non-hydrogen) atoms. The van der Waals surface area contributed by atoms with Gasteiger partial charge in [-0.15, -0.1) is 0 Å². The van der Waals surface area contributed by atoms with Crippen molar-refractivity contribution >= 4 is 23.6 Å². The van der Waals surface area contributed by atoms with E-state index in [0.29, 0.717) is 17.2 Å². The van der Waals surface area contributed by atoms with Crippen LogP contribution in [-0.2, 0) is 4.79 Å². The number of hydrogen-bond donors (Lipinski definition) is 0. The molecule has 0 spiro atoms. The molecule has 4 amide bonds. The number of benzene rings is 2. The largest absolute Gasteiger partial charge is 0.339 e. The van der Waals surface area contributed by atoms with Gasteiger partial charge in [-0.1, -0.05) is 12.1 Å². The van der Waals surface area contributed by atoms with Crippen LogP contribution in [0.1, 0.15) is 37.5 Å². The zero-order chi connectivity index (χ0) is 22.1. The highest BCUT2D eigenvalue weighted by Gasteiger charge is 2.35. The predicted molar refractivity (Wildman–Crippen MR) is 105 cm³/mol. The minimum atomic E-state index is -0.926. The Labute approximate surface area is 176 Å². The normalized spacial score (nSPS) is 16.0. The summed E-state index contributed by atoms with van der Waals surface area (Å²) >= 11 is 0. The molecule has 2 heterocycles. The Balaban J connectivity index is 1.30. The summed E-state index contributed by atoms with van der Waals surface area (Å²) in [5.74, 6) is -3.31. The Morgan fingerprint density at radius 3 is 2.00 bits per heavy atom. The fourth-order valence-electron chi connectivity index (χ4n) is 3.80. The van der Waals surface area contributed by atoms with E-state index >= 15 is 0 Å². The van der Waals surface area contributed by atoms with Gasteiger partial charge in [0.2, 0.25) is 5.91 Å². The van der Waals surface area contributed by atoms with E-state index < -0.39 is 29.4 Å². The summed E-state index contributed by atoms with van der Waals surface area (Å²) in [4.78, 5) is 53.8. The fourth-order valence-corrected chi connectivity index (χ4v) is 3.80. The Hall–Kier alpha value is -3.62. The summed E-state index contributed by atoms with van der Waals surface area (Å²) in [7, 11) is 0. The Bertz CT molecular complexity index is 1050. The molecule has 1 fully saturated rings. The number of hydrogen-bond acceptors (Lipinski definition) is 4. The van der Waals surface area contributed by atoms with Gasteiger partial charge in [-0.2, -0.15) is 0 Å². The smallest absolute Gasteiger partial charge is 0.261 e. The Morgan fingerprint density at radius 2 is 1.42 bits per heavy atom. The molecule has 2 aromatic carbocycles. The molecule has 0 aromatic heterocycles. The number of rotatable bonds is 4. The summed E-state index contributed by atoms with van der Waals surface area (Å²) in [5.41, 5.74) is 0.451. The van der Waals surface area contributed by atoms with Gasteiger partial charge in [0.1, 0.15) is 11.6 Å². The van der Waals surface area contributed by atoms with Crippen molar-refractivity contribution in [1.29, 1.82) is 0 Å². The molecule has 0 atom stereocenters. The van der Waals surface area contributed by atoms with E-state index in [1.165, 1.54) is 4.90 Å². The first-order valence-electron chi connectivity index (χ1n) is 9.84. The average Bonchev–Trinajstić information content (AvgIpc) is 3.02. The number of fused-ring (bicyclic) bond motifs is 1. The topological polar surface area (TPSA) is 78.0 Å². The third kappa shape index (κ3) is 3.90. The molecule has 9 heteroatoms. The van der Waals surface area contributed by atoms with Crippen LogP contribution in [0.5, 0.6) is 0 Å². The van der Waals surface area contributed by atoms with Crippen molar-refractivity contribution in [3.8, 4) is 0 Å². The molecule has 1 saturated heterocycles. The van der Waals surface area contributed by atoms with E-state index in [9.17, 15) is 28.0 Å². The molecule has 0 saturated carbocycles. The van der Waals surface area contributed by atoms with Gasteiger partial charge < -0.3 is 9.80 Å².